The van der Waals surface area contributed by atoms with Crippen LogP contribution in [0.2, 0.25) is 0 Å². The Morgan fingerprint density at radius 2 is 1.52 bits per heavy atom. The molecule has 0 spiro atoms. The maximum absolute atomic E-state index is 13.0. The fourth-order valence-electron chi connectivity index (χ4n) is 5.49. The first-order valence-electron chi connectivity index (χ1n) is 14.7. The summed E-state index contributed by atoms with van der Waals surface area (Å²) in [6.07, 6.45) is 1.05. The van der Waals surface area contributed by atoms with E-state index in [2.05, 4.69) is 4.90 Å². The van der Waals surface area contributed by atoms with E-state index < -0.39 is 36.1 Å². The maximum Gasteiger partial charge on any atom is 0.453 e. The van der Waals surface area contributed by atoms with Gasteiger partial charge in [-0.3, -0.25) is 0 Å². The fraction of sp³-hybridized carbons (Fsp3) is 0.562. The lowest BCUT2D eigenvalue weighted by Gasteiger charge is -2.20. The van der Waals surface area contributed by atoms with Gasteiger partial charge in [0.15, 0.2) is 0 Å². The van der Waals surface area contributed by atoms with Gasteiger partial charge < -0.3 is 19.7 Å². The number of alkyl halides is 5. The van der Waals surface area contributed by atoms with Crippen LogP contribution in [0, 0.1) is 0 Å². The standard InChI is InChI=1S/C32H42F5NO3S/c1-38(19-9-21-42(41)20-8-17-31(33,34)32(35,36)37)18-5-3-2-4-13-30-28(24-10-6-12-26(39)22-24)14-7-11-25-23-27(40)15-16-29(25)30/h6,10,12,15-16,22-23,39-40H,2-5,7-9,11,13-14,17-21H2,1H3. The van der Waals surface area contributed by atoms with Crippen LogP contribution < -0.4 is 0 Å². The number of fused-ring (bicyclic) bond motifs is 1. The Bertz CT molecular complexity index is 1170. The molecule has 4 nitrogen and oxygen atoms in total. The molecule has 0 fully saturated rings. The summed E-state index contributed by atoms with van der Waals surface area (Å²) < 4.78 is 74.6. The summed E-state index contributed by atoms with van der Waals surface area (Å²) in [4.78, 5) is 2.13. The van der Waals surface area contributed by atoms with Gasteiger partial charge in [-0.1, -0.05) is 42.2 Å². The minimum absolute atomic E-state index is 0.148. The van der Waals surface area contributed by atoms with Gasteiger partial charge in [-0.05, 0) is 111 Å². The molecule has 0 radical (unpaired) electrons. The van der Waals surface area contributed by atoms with Crippen molar-refractivity contribution in [2.24, 2.45) is 0 Å². The van der Waals surface area contributed by atoms with E-state index in [1.54, 1.807) is 12.1 Å². The third-order valence-electron chi connectivity index (χ3n) is 7.75. The zero-order valence-corrected chi connectivity index (χ0v) is 25.0. The van der Waals surface area contributed by atoms with Gasteiger partial charge in [0, 0.05) is 19.4 Å². The third kappa shape index (κ3) is 10.5. The molecule has 1 aliphatic carbocycles. The van der Waals surface area contributed by atoms with Crippen molar-refractivity contribution in [1.29, 1.82) is 0 Å². The summed E-state index contributed by atoms with van der Waals surface area (Å²) in [5.74, 6) is -4.07. The van der Waals surface area contributed by atoms with Crippen molar-refractivity contribution in [2.75, 3.05) is 31.6 Å². The van der Waals surface area contributed by atoms with E-state index in [0.29, 0.717) is 13.0 Å². The molecule has 0 saturated carbocycles. The Morgan fingerprint density at radius 1 is 0.833 bits per heavy atom. The molecule has 10 heteroatoms. The minimum Gasteiger partial charge on any atom is -0.616 e. The number of halogens is 5. The van der Waals surface area contributed by atoms with Crippen LogP contribution >= 0.6 is 0 Å². The highest BCUT2D eigenvalue weighted by Gasteiger charge is 2.56. The monoisotopic (exact) mass is 615 g/mol. The molecule has 2 aromatic carbocycles. The fourth-order valence-corrected chi connectivity index (χ4v) is 6.61. The summed E-state index contributed by atoms with van der Waals surface area (Å²) in [5, 5.41) is 20.1. The Hall–Kier alpha value is -2.30. The van der Waals surface area contributed by atoms with E-state index in [1.165, 1.54) is 16.7 Å². The van der Waals surface area contributed by atoms with Gasteiger partial charge >= 0.3 is 12.1 Å². The van der Waals surface area contributed by atoms with Gasteiger partial charge in [0.1, 0.15) is 23.0 Å². The molecule has 42 heavy (non-hydrogen) atoms. The molecular formula is C32H42F5NO3S. The Balaban J connectivity index is 1.40. The number of rotatable bonds is 16. The molecular weight excluding hydrogens is 573 g/mol. The molecule has 1 unspecified atom stereocenters. The smallest absolute Gasteiger partial charge is 0.453 e. The van der Waals surface area contributed by atoms with E-state index in [-0.39, 0.29) is 23.0 Å². The highest BCUT2D eigenvalue weighted by atomic mass is 32.2. The van der Waals surface area contributed by atoms with Crippen molar-refractivity contribution in [3.8, 4) is 11.5 Å². The normalized spacial score (nSPS) is 15.1. The van der Waals surface area contributed by atoms with Gasteiger partial charge in [-0.2, -0.15) is 22.0 Å². The van der Waals surface area contributed by atoms with Crippen LogP contribution in [-0.2, 0) is 17.6 Å². The van der Waals surface area contributed by atoms with Crippen LogP contribution in [0.5, 0.6) is 11.5 Å². The molecule has 0 amide bonds. The lowest BCUT2D eigenvalue weighted by Crippen LogP contribution is -2.36. The zero-order chi connectivity index (χ0) is 30.8. The zero-order valence-electron chi connectivity index (χ0n) is 24.2. The number of phenols is 2. The Labute approximate surface area is 248 Å². The van der Waals surface area contributed by atoms with Crippen LogP contribution in [0.3, 0.4) is 0 Å². The summed E-state index contributed by atoms with van der Waals surface area (Å²) in [7, 11) is 1.97. The van der Waals surface area contributed by atoms with Crippen molar-refractivity contribution in [1.82, 2.24) is 4.90 Å². The number of benzene rings is 2. The first kappa shape index (κ1) is 34.2. The van der Waals surface area contributed by atoms with Crippen molar-refractivity contribution in [3.05, 3.63) is 59.2 Å². The predicted octanol–water partition coefficient (Wildman–Crippen LogP) is 8.34. The molecule has 2 N–H and O–H groups in total. The average molecular weight is 616 g/mol. The maximum atomic E-state index is 13.0. The molecule has 234 valence electrons. The van der Waals surface area contributed by atoms with Gasteiger partial charge in [-0.25, -0.2) is 0 Å². The number of aryl methyl sites for hydroxylation is 1. The van der Waals surface area contributed by atoms with E-state index in [0.717, 1.165) is 69.0 Å². The van der Waals surface area contributed by atoms with Gasteiger partial charge in [-0.15, -0.1) is 0 Å². The molecule has 2 aromatic rings. The largest absolute Gasteiger partial charge is 0.616 e. The third-order valence-corrected chi connectivity index (χ3v) is 9.24. The van der Waals surface area contributed by atoms with E-state index in [4.69, 9.17) is 0 Å². The van der Waals surface area contributed by atoms with Crippen molar-refractivity contribution in [3.63, 3.8) is 0 Å². The van der Waals surface area contributed by atoms with Crippen LogP contribution in [0.1, 0.15) is 80.9 Å². The highest BCUT2D eigenvalue weighted by molar-refractivity contribution is 7.91. The molecule has 0 heterocycles. The SMILES string of the molecule is CN(CCCCCCC1=C(c2cccc(O)c2)CCCc2cc(O)ccc21)CCC[S+]([O-])CCCC(F)(F)C(F)(F)F. The Morgan fingerprint density at radius 3 is 2.26 bits per heavy atom. The second-order valence-electron chi connectivity index (χ2n) is 11.2. The first-order chi connectivity index (χ1) is 19.9. The van der Waals surface area contributed by atoms with Crippen molar-refractivity contribution in [2.45, 2.75) is 82.7 Å². The highest BCUT2D eigenvalue weighted by Crippen LogP contribution is 2.41. The number of nitrogens with zero attached hydrogens (tertiary/aromatic N) is 1. The summed E-state index contributed by atoms with van der Waals surface area (Å²) in [6, 6.07) is 13.0. The molecule has 0 saturated heterocycles. The molecule has 0 aromatic heterocycles. The van der Waals surface area contributed by atoms with E-state index in [9.17, 15) is 36.7 Å². The summed E-state index contributed by atoms with van der Waals surface area (Å²) in [6.45, 7) is 1.55. The molecule has 1 atom stereocenters. The quantitative estimate of drug-likeness (QED) is 0.113. The Kier molecular flexibility index (Phi) is 13.0. The summed E-state index contributed by atoms with van der Waals surface area (Å²) >= 11 is -1.41. The van der Waals surface area contributed by atoms with Crippen LogP contribution in [0.25, 0.3) is 11.1 Å². The van der Waals surface area contributed by atoms with Gasteiger partial charge in [0.05, 0.1) is 0 Å². The first-order valence-corrected chi connectivity index (χ1v) is 16.2. The van der Waals surface area contributed by atoms with Gasteiger partial charge in [0.25, 0.3) is 0 Å². The molecule has 3 rings (SSSR count). The summed E-state index contributed by atoms with van der Waals surface area (Å²) in [5.41, 5.74) is 5.89. The number of allylic oxidation sites excluding steroid dienone is 2. The minimum atomic E-state index is -5.56. The van der Waals surface area contributed by atoms with Crippen LogP contribution in [0.4, 0.5) is 22.0 Å². The molecule has 0 aliphatic heterocycles. The number of hydrogen-bond acceptors (Lipinski definition) is 4. The molecule has 0 bridgehead atoms. The second kappa shape index (κ2) is 16.0. The predicted molar refractivity (Wildman–Crippen MR) is 159 cm³/mol. The van der Waals surface area contributed by atoms with E-state index in [1.807, 2.05) is 37.4 Å². The van der Waals surface area contributed by atoms with E-state index >= 15 is 0 Å². The number of hydrogen-bond donors (Lipinski definition) is 2. The van der Waals surface area contributed by atoms with Crippen LogP contribution in [-0.4, -0.2) is 63.4 Å². The molecule has 1 aliphatic rings. The van der Waals surface area contributed by atoms with Gasteiger partial charge in [0.2, 0.25) is 0 Å². The second-order valence-corrected chi connectivity index (χ2v) is 12.9. The average Bonchev–Trinajstić information content (AvgIpc) is 3.08. The number of phenolic OH excluding ortho intramolecular Hbond substituents is 2. The number of aromatic hydroxyl groups is 2. The van der Waals surface area contributed by atoms with Crippen LogP contribution in [0.15, 0.2) is 42.5 Å². The number of unbranched alkanes of at least 4 members (excludes halogenated alkanes) is 3. The lowest BCUT2D eigenvalue weighted by molar-refractivity contribution is -0.284. The van der Waals surface area contributed by atoms with Crippen molar-refractivity contribution < 1.29 is 36.7 Å². The lowest BCUT2D eigenvalue weighted by atomic mass is 9.89. The topological polar surface area (TPSA) is 66.8 Å². The van der Waals surface area contributed by atoms with Crippen molar-refractivity contribution >= 4 is 22.3 Å².